The van der Waals surface area contributed by atoms with E-state index >= 15 is 0 Å². The van der Waals surface area contributed by atoms with Crippen LogP contribution in [-0.4, -0.2) is 53.0 Å². The number of fused-ring (bicyclic) bond motifs is 1. The number of benzene rings is 2. The van der Waals surface area contributed by atoms with Gasteiger partial charge in [0.25, 0.3) is 5.56 Å². The highest BCUT2D eigenvalue weighted by Gasteiger charge is 2.27. The number of methoxy groups -OCH3 is 1. The molecule has 0 atom stereocenters. The number of aromatic amines is 1. The van der Waals surface area contributed by atoms with E-state index in [9.17, 15) is 9.59 Å². The van der Waals surface area contributed by atoms with Crippen molar-refractivity contribution in [3.05, 3.63) is 80.8 Å². The second-order valence-electron chi connectivity index (χ2n) is 11.8. The summed E-state index contributed by atoms with van der Waals surface area (Å²) < 4.78 is 10.4. The average Bonchev–Trinajstić information content (AvgIpc) is 3.69. The highest BCUT2D eigenvalue weighted by Crippen LogP contribution is 2.34. The van der Waals surface area contributed by atoms with Gasteiger partial charge in [0.2, 0.25) is 0 Å². The maximum absolute atomic E-state index is 14.0. The summed E-state index contributed by atoms with van der Waals surface area (Å²) in [5, 5.41) is 14.4. The van der Waals surface area contributed by atoms with Crippen LogP contribution in [0.25, 0.3) is 33.7 Å². The van der Waals surface area contributed by atoms with Crippen molar-refractivity contribution in [2.24, 2.45) is 5.92 Å². The van der Waals surface area contributed by atoms with E-state index in [-0.39, 0.29) is 23.1 Å². The number of rotatable bonds is 10. The summed E-state index contributed by atoms with van der Waals surface area (Å²) in [6.45, 7) is 5.54. The first-order chi connectivity index (χ1) is 21.0. The number of nitrogens with zero attached hydrogens (tertiary/aromatic N) is 7. The molecule has 3 heterocycles. The SMILES string of the molecule is COCCn1c(=O)n(CC(C)C)c(=O)c2c1nc(C1CCCCC1)n2Cc1ccc(-c2ccccc2-c2nnn[nH]2)cc1. The molecular weight excluding hydrogens is 544 g/mol. The second kappa shape index (κ2) is 12.5. The highest BCUT2D eigenvalue weighted by atomic mass is 16.5. The van der Waals surface area contributed by atoms with Crippen molar-refractivity contribution in [3.63, 3.8) is 0 Å². The van der Waals surface area contributed by atoms with E-state index < -0.39 is 0 Å². The molecule has 224 valence electrons. The summed E-state index contributed by atoms with van der Waals surface area (Å²) in [6.07, 6.45) is 5.53. The fraction of sp³-hybridized carbons (Fsp3) is 0.438. The Morgan fingerprint density at radius 2 is 1.70 bits per heavy atom. The number of hydrogen-bond acceptors (Lipinski definition) is 7. The van der Waals surface area contributed by atoms with Crippen LogP contribution in [0.1, 0.15) is 63.3 Å². The molecular formula is C32H38N8O3. The zero-order chi connectivity index (χ0) is 29.9. The normalized spacial score (nSPS) is 14.2. The van der Waals surface area contributed by atoms with Gasteiger partial charge in [-0.15, -0.1) is 5.10 Å². The van der Waals surface area contributed by atoms with E-state index in [0.717, 1.165) is 53.8 Å². The smallest absolute Gasteiger partial charge is 0.332 e. The molecule has 43 heavy (non-hydrogen) atoms. The number of H-pyrrole nitrogens is 1. The van der Waals surface area contributed by atoms with Crippen LogP contribution in [-0.2, 0) is 24.4 Å². The molecule has 1 saturated carbocycles. The van der Waals surface area contributed by atoms with Gasteiger partial charge in [0.1, 0.15) is 5.82 Å². The Morgan fingerprint density at radius 3 is 2.37 bits per heavy atom. The van der Waals surface area contributed by atoms with E-state index in [2.05, 4.69) is 49.5 Å². The average molecular weight is 583 g/mol. The van der Waals surface area contributed by atoms with Crippen molar-refractivity contribution in [2.45, 2.75) is 71.5 Å². The largest absolute Gasteiger partial charge is 0.383 e. The lowest BCUT2D eigenvalue weighted by atomic mass is 9.88. The fourth-order valence-corrected chi connectivity index (χ4v) is 6.24. The van der Waals surface area contributed by atoms with Gasteiger partial charge in [-0.1, -0.05) is 81.6 Å². The first-order valence-electron chi connectivity index (χ1n) is 15.1. The molecule has 11 heteroatoms. The summed E-state index contributed by atoms with van der Waals surface area (Å²) in [7, 11) is 1.61. The van der Waals surface area contributed by atoms with Crippen LogP contribution in [0, 0.1) is 5.92 Å². The summed E-state index contributed by atoms with van der Waals surface area (Å²) in [4.78, 5) is 32.7. The van der Waals surface area contributed by atoms with Crippen molar-refractivity contribution < 1.29 is 4.74 Å². The molecule has 11 nitrogen and oxygen atoms in total. The van der Waals surface area contributed by atoms with Crippen molar-refractivity contribution in [3.8, 4) is 22.5 Å². The highest BCUT2D eigenvalue weighted by molar-refractivity contribution is 5.80. The zero-order valence-electron chi connectivity index (χ0n) is 25.0. The van der Waals surface area contributed by atoms with Crippen LogP contribution in [0.2, 0.25) is 0 Å². The quantitative estimate of drug-likeness (QED) is 0.255. The molecule has 0 amide bonds. The Morgan fingerprint density at radius 1 is 0.953 bits per heavy atom. The van der Waals surface area contributed by atoms with Gasteiger partial charge in [-0.25, -0.2) is 14.9 Å². The van der Waals surface area contributed by atoms with E-state index in [4.69, 9.17) is 9.72 Å². The van der Waals surface area contributed by atoms with Crippen LogP contribution >= 0.6 is 0 Å². The van der Waals surface area contributed by atoms with E-state index in [1.165, 1.54) is 11.0 Å². The zero-order valence-corrected chi connectivity index (χ0v) is 25.0. The molecule has 1 N–H and O–H groups in total. The fourth-order valence-electron chi connectivity index (χ4n) is 6.24. The Kier molecular flexibility index (Phi) is 8.33. The summed E-state index contributed by atoms with van der Waals surface area (Å²) in [6, 6.07) is 16.4. The first-order valence-corrected chi connectivity index (χ1v) is 15.1. The minimum atomic E-state index is -0.326. The van der Waals surface area contributed by atoms with E-state index in [1.54, 1.807) is 11.7 Å². The van der Waals surface area contributed by atoms with Gasteiger partial charge in [0, 0.05) is 31.7 Å². The van der Waals surface area contributed by atoms with Crippen molar-refractivity contribution in [1.82, 2.24) is 39.3 Å². The van der Waals surface area contributed by atoms with Crippen molar-refractivity contribution >= 4 is 11.2 Å². The van der Waals surface area contributed by atoms with Gasteiger partial charge in [-0.3, -0.25) is 13.9 Å². The van der Waals surface area contributed by atoms with Crippen LogP contribution in [0.5, 0.6) is 0 Å². The Bertz CT molecular complexity index is 1810. The number of aromatic nitrogens is 8. The first kappa shape index (κ1) is 28.7. The molecule has 2 aromatic carbocycles. The third-order valence-corrected chi connectivity index (χ3v) is 8.31. The molecule has 0 unspecified atom stereocenters. The molecule has 5 aromatic rings. The van der Waals surface area contributed by atoms with Crippen molar-refractivity contribution in [2.75, 3.05) is 13.7 Å². The number of hydrogen-bond donors (Lipinski definition) is 1. The maximum Gasteiger partial charge on any atom is 0.332 e. The monoisotopic (exact) mass is 582 g/mol. The second-order valence-corrected chi connectivity index (χ2v) is 11.8. The molecule has 0 bridgehead atoms. The minimum Gasteiger partial charge on any atom is -0.383 e. The summed E-state index contributed by atoms with van der Waals surface area (Å²) in [5.41, 5.74) is 4.36. The lowest BCUT2D eigenvalue weighted by molar-refractivity contribution is 0.186. The van der Waals surface area contributed by atoms with Gasteiger partial charge < -0.3 is 9.30 Å². The van der Waals surface area contributed by atoms with Crippen molar-refractivity contribution in [1.29, 1.82) is 0 Å². The van der Waals surface area contributed by atoms with Crippen LogP contribution in [0.15, 0.2) is 58.1 Å². The molecule has 0 aliphatic heterocycles. The summed E-state index contributed by atoms with van der Waals surface area (Å²) in [5.74, 6) is 1.88. The van der Waals surface area contributed by atoms with E-state index in [0.29, 0.717) is 43.2 Å². The molecule has 3 aromatic heterocycles. The lowest BCUT2D eigenvalue weighted by Gasteiger charge is -2.22. The maximum atomic E-state index is 14.0. The topological polar surface area (TPSA) is 126 Å². The lowest BCUT2D eigenvalue weighted by Crippen LogP contribution is -2.42. The van der Waals surface area contributed by atoms with Gasteiger partial charge in [-0.05, 0) is 45.9 Å². The van der Waals surface area contributed by atoms with Gasteiger partial charge in [-0.2, -0.15) is 0 Å². The van der Waals surface area contributed by atoms with E-state index in [1.807, 2.05) is 38.1 Å². The molecule has 0 saturated heterocycles. The minimum absolute atomic E-state index is 0.135. The number of ether oxygens (including phenoxy) is 1. The van der Waals surface area contributed by atoms with Crippen LogP contribution in [0.3, 0.4) is 0 Å². The molecule has 1 aliphatic carbocycles. The Hall–Kier alpha value is -4.38. The summed E-state index contributed by atoms with van der Waals surface area (Å²) >= 11 is 0. The number of nitrogens with one attached hydrogen (secondary N) is 1. The predicted octanol–water partition coefficient (Wildman–Crippen LogP) is 4.61. The molecule has 6 rings (SSSR count). The molecule has 0 spiro atoms. The molecule has 1 aliphatic rings. The van der Waals surface area contributed by atoms with Gasteiger partial charge in [0.05, 0.1) is 13.2 Å². The van der Waals surface area contributed by atoms with Crippen LogP contribution in [0.4, 0.5) is 0 Å². The standard InChI is InChI=1S/C32H38N8O3/c1-21(2)19-40-31(41)27-30(38(32(40)42)17-18-43-3)33-29(24-9-5-4-6-10-24)39(27)20-22-13-15-23(16-14-22)25-11-7-8-12-26(25)28-34-36-37-35-28/h7-8,11-16,21,24H,4-6,9-10,17-20H2,1-3H3,(H,34,35,36,37). The molecule has 0 radical (unpaired) electrons. The number of tetrazole rings is 1. The predicted molar refractivity (Wildman–Crippen MR) is 165 cm³/mol. The third kappa shape index (κ3) is 5.69. The van der Waals surface area contributed by atoms with Gasteiger partial charge in [0.15, 0.2) is 17.0 Å². The van der Waals surface area contributed by atoms with Crippen LogP contribution < -0.4 is 11.2 Å². The Balaban J connectivity index is 1.46. The Labute approximate surface area is 249 Å². The molecule has 1 fully saturated rings. The third-order valence-electron chi connectivity index (χ3n) is 8.31. The number of imidazole rings is 1. The van der Waals surface area contributed by atoms with Gasteiger partial charge >= 0.3 is 5.69 Å².